The lowest BCUT2D eigenvalue weighted by Crippen LogP contribution is -2.51. The van der Waals surface area contributed by atoms with Crippen LogP contribution in [0, 0.1) is 0 Å². The molecule has 2 N–H and O–H groups in total. The number of carbonyl (C=O) groups is 2. The summed E-state index contributed by atoms with van der Waals surface area (Å²) in [6, 6.07) is 12.4. The summed E-state index contributed by atoms with van der Waals surface area (Å²) in [6.07, 6.45) is 0. The normalized spacial score (nSPS) is 16.0. The number of carbonyl (C=O) groups excluding carboxylic acids is 1. The van der Waals surface area contributed by atoms with Crippen molar-refractivity contribution < 1.29 is 24.5 Å². The molecule has 0 bridgehead atoms. The van der Waals surface area contributed by atoms with Gasteiger partial charge in [0.05, 0.1) is 7.11 Å². The molecule has 0 aromatic heterocycles. The Kier molecular flexibility index (Phi) is 5.61. The van der Waals surface area contributed by atoms with E-state index in [-0.39, 0.29) is 11.7 Å². The third-order valence-electron chi connectivity index (χ3n) is 4.72. The van der Waals surface area contributed by atoms with Gasteiger partial charge in [0.25, 0.3) is 5.91 Å². The number of hydrogen-bond acceptors (Lipinski definition) is 5. The van der Waals surface area contributed by atoms with E-state index in [4.69, 9.17) is 4.74 Å². The maximum atomic E-state index is 12.6. The van der Waals surface area contributed by atoms with Crippen LogP contribution in [0.2, 0.25) is 0 Å². The number of methoxy groups -OCH3 is 1. The highest BCUT2D eigenvalue weighted by Gasteiger charge is 2.31. The Hall–Kier alpha value is -3.06. The van der Waals surface area contributed by atoms with Gasteiger partial charge in [0, 0.05) is 31.7 Å². The number of ether oxygens (including phenoxy) is 1. The number of rotatable bonds is 5. The Labute approximate surface area is 157 Å². The van der Waals surface area contributed by atoms with Gasteiger partial charge in [-0.15, -0.1) is 0 Å². The van der Waals surface area contributed by atoms with Gasteiger partial charge in [-0.05, 0) is 42.0 Å². The molecule has 7 nitrogen and oxygen atoms in total. The molecule has 1 unspecified atom stereocenters. The van der Waals surface area contributed by atoms with Crippen molar-refractivity contribution in [3.8, 4) is 11.5 Å². The van der Waals surface area contributed by atoms with Crippen molar-refractivity contribution in [3.05, 3.63) is 59.7 Å². The third-order valence-corrected chi connectivity index (χ3v) is 4.72. The van der Waals surface area contributed by atoms with Crippen LogP contribution in [-0.4, -0.2) is 65.2 Å². The molecule has 1 saturated heterocycles. The zero-order valence-corrected chi connectivity index (χ0v) is 15.0. The fraction of sp³-hybridized carbons (Fsp3) is 0.300. The van der Waals surface area contributed by atoms with Crippen LogP contribution in [0.3, 0.4) is 0 Å². The summed E-state index contributed by atoms with van der Waals surface area (Å²) < 4.78 is 5.10. The van der Waals surface area contributed by atoms with E-state index < -0.39 is 12.0 Å². The van der Waals surface area contributed by atoms with Crippen molar-refractivity contribution in [2.75, 3.05) is 33.3 Å². The van der Waals surface area contributed by atoms with E-state index in [0.717, 1.165) is 0 Å². The summed E-state index contributed by atoms with van der Waals surface area (Å²) in [6.45, 7) is 1.75. The molecule has 0 spiro atoms. The maximum absolute atomic E-state index is 12.6. The monoisotopic (exact) mass is 370 g/mol. The molecule has 3 rings (SSSR count). The summed E-state index contributed by atoms with van der Waals surface area (Å²) in [5.41, 5.74) is 1.10. The van der Waals surface area contributed by atoms with Crippen molar-refractivity contribution >= 4 is 11.9 Å². The highest BCUT2D eigenvalue weighted by atomic mass is 16.5. The van der Waals surface area contributed by atoms with E-state index in [1.54, 1.807) is 48.4 Å². The molecule has 27 heavy (non-hydrogen) atoms. The van der Waals surface area contributed by atoms with E-state index in [0.29, 0.717) is 43.1 Å². The van der Waals surface area contributed by atoms with Gasteiger partial charge in [-0.3, -0.25) is 14.5 Å². The Balaban J connectivity index is 1.67. The zero-order valence-electron chi connectivity index (χ0n) is 15.0. The van der Waals surface area contributed by atoms with Gasteiger partial charge in [0.2, 0.25) is 0 Å². The molecule has 142 valence electrons. The molecular weight excluding hydrogens is 348 g/mol. The molecule has 1 heterocycles. The van der Waals surface area contributed by atoms with Crippen molar-refractivity contribution in [2.24, 2.45) is 0 Å². The van der Waals surface area contributed by atoms with Crippen LogP contribution >= 0.6 is 0 Å². The highest BCUT2D eigenvalue weighted by Crippen LogP contribution is 2.26. The average molecular weight is 370 g/mol. The van der Waals surface area contributed by atoms with Crippen LogP contribution in [0.5, 0.6) is 11.5 Å². The number of phenolic OH excluding ortho intramolecular Hbond substituents is 1. The molecule has 7 heteroatoms. The lowest BCUT2D eigenvalue weighted by Gasteiger charge is -2.37. The average Bonchev–Trinajstić information content (AvgIpc) is 2.68. The number of amides is 1. The molecule has 0 aliphatic carbocycles. The maximum Gasteiger partial charge on any atom is 0.325 e. The fourth-order valence-electron chi connectivity index (χ4n) is 3.30. The summed E-state index contributed by atoms with van der Waals surface area (Å²) in [7, 11) is 1.57. The Morgan fingerprint density at radius 2 is 1.70 bits per heavy atom. The minimum Gasteiger partial charge on any atom is -0.508 e. The van der Waals surface area contributed by atoms with Crippen molar-refractivity contribution in [3.63, 3.8) is 0 Å². The molecule has 1 aliphatic rings. The molecule has 1 fully saturated rings. The highest BCUT2D eigenvalue weighted by molar-refractivity contribution is 5.94. The number of aliphatic carboxylic acids is 1. The van der Waals surface area contributed by atoms with E-state index in [9.17, 15) is 19.8 Å². The topological polar surface area (TPSA) is 90.3 Å². The van der Waals surface area contributed by atoms with E-state index in [2.05, 4.69) is 0 Å². The summed E-state index contributed by atoms with van der Waals surface area (Å²) >= 11 is 0. The molecular formula is C20H22N2O5. The first-order chi connectivity index (χ1) is 13.0. The van der Waals surface area contributed by atoms with Gasteiger partial charge < -0.3 is 19.8 Å². The number of benzene rings is 2. The number of hydrogen-bond donors (Lipinski definition) is 2. The first-order valence-corrected chi connectivity index (χ1v) is 8.68. The quantitative estimate of drug-likeness (QED) is 0.837. The van der Waals surface area contributed by atoms with Crippen LogP contribution < -0.4 is 4.74 Å². The van der Waals surface area contributed by atoms with Crippen molar-refractivity contribution in [1.29, 1.82) is 0 Å². The van der Waals surface area contributed by atoms with Crippen LogP contribution in [0.4, 0.5) is 0 Å². The largest absolute Gasteiger partial charge is 0.508 e. The Morgan fingerprint density at radius 3 is 2.26 bits per heavy atom. The van der Waals surface area contributed by atoms with Gasteiger partial charge in [-0.1, -0.05) is 12.1 Å². The molecule has 2 aromatic rings. The van der Waals surface area contributed by atoms with Gasteiger partial charge in [-0.2, -0.15) is 0 Å². The smallest absolute Gasteiger partial charge is 0.325 e. The molecule has 1 atom stereocenters. The second-order valence-corrected chi connectivity index (χ2v) is 6.39. The molecule has 1 aliphatic heterocycles. The lowest BCUT2D eigenvalue weighted by atomic mass is 10.0. The molecule has 0 saturated carbocycles. The Bertz CT molecular complexity index is 813. The first kappa shape index (κ1) is 18.7. The minimum absolute atomic E-state index is 0.0343. The summed E-state index contributed by atoms with van der Waals surface area (Å²) in [5.74, 6) is -0.337. The fourth-order valence-corrected chi connectivity index (χ4v) is 3.30. The van der Waals surface area contributed by atoms with Gasteiger partial charge in [0.1, 0.15) is 17.5 Å². The summed E-state index contributed by atoms with van der Waals surface area (Å²) in [4.78, 5) is 28.0. The summed E-state index contributed by atoms with van der Waals surface area (Å²) in [5, 5.41) is 19.3. The number of carboxylic acid groups (broad SMARTS) is 1. The van der Waals surface area contributed by atoms with E-state index in [1.807, 2.05) is 4.90 Å². The third kappa shape index (κ3) is 4.20. The molecule has 1 amide bonds. The first-order valence-electron chi connectivity index (χ1n) is 8.68. The van der Waals surface area contributed by atoms with Crippen molar-refractivity contribution in [2.45, 2.75) is 6.04 Å². The number of phenols is 1. The van der Waals surface area contributed by atoms with Crippen LogP contribution in [-0.2, 0) is 4.79 Å². The van der Waals surface area contributed by atoms with Crippen molar-refractivity contribution in [1.82, 2.24) is 9.80 Å². The van der Waals surface area contributed by atoms with E-state index >= 15 is 0 Å². The number of carboxylic acids is 1. The predicted octanol–water partition coefficient (Wildman–Crippen LogP) is 1.98. The van der Waals surface area contributed by atoms with Gasteiger partial charge in [0.15, 0.2) is 0 Å². The van der Waals surface area contributed by atoms with Crippen LogP contribution in [0.1, 0.15) is 22.0 Å². The van der Waals surface area contributed by atoms with Gasteiger partial charge in [-0.25, -0.2) is 0 Å². The number of nitrogens with zero attached hydrogens (tertiary/aromatic N) is 2. The SMILES string of the molecule is COc1ccc(C(=O)N2CCN(C(C(=O)O)c3cccc(O)c3)CC2)cc1. The molecule has 2 aromatic carbocycles. The van der Waals surface area contributed by atoms with Crippen LogP contribution in [0.25, 0.3) is 0 Å². The number of aromatic hydroxyl groups is 1. The lowest BCUT2D eigenvalue weighted by molar-refractivity contribution is -0.144. The second kappa shape index (κ2) is 8.09. The number of piperazine rings is 1. The van der Waals surface area contributed by atoms with E-state index in [1.165, 1.54) is 12.1 Å². The molecule has 0 radical (unpaired) electrons. The van der Waals surface area contributed by atoms with Crippen LogP contribution in [0.15, 0.2) is 48.5 Å². The zero-order chi connectivity index (χ0) is 19.4. The minimum atomic E-state index is -0.976. The Morgan fingerprint density at radius 1 is 1.04 bits per heavy atom. The van der Waals surface area contributed by atoms with Gasteiger partial charge >= 0.3 is 5.97 Å². The second-order valence-electron chi connectivity index (χ2n) is 6.39. The predicted molar refractivity (Wildman–Crippen MR) is 99.0 cm³/mol. The standard InChI is InChI=1S/C20H22N2O5/c1-27-17-7-5-14(6-8-17)19(24)22-11-9-21(10-12-22)18(20(25)26)15-3-2-4-16(23)13-15/h2-8,13,18,23H,9-12H2,1H3,(H,25,26).